The first-order chi connectivity index (χ1) is 13.1. The second-order valence-corrected chi connectivity index (χ2v) is 8.90. The lowest BCUT2D eigenvalue weighted by atomic mass is 9.86. The summed E-state index contributed by atoms with van der Waals surface area (Å²) in [6, 6.07) is 2.31. The van der Waals surface area contributed by atoms with Gasteiger partial charge in [0.05, 0.1) is 11.3 Å². The van der Waals surface area contributed by atoms with Gasteiger partial charge in [-0.05, 0) is 44.1 Å². The SMILES string of the molecule is CCCn1c(C)nnc1SCC(=O)Nc1sc2c(c1C#N)CCC(CC)C2. The molecule has 2 aromatic heterocycles. The number of anilines is 1. The van der Waals surface area contributed by atoms with Gasteiger partial charge in [-0.1, -0.05) is 32.0 Å². The fourth-order valence-electron chi connectivity index (χ4n) is 3.45. The molecule has 27 heavy (non-hydrogen) atoms. The number of hydrogen-bond donors (Lipinski definition) is 1. The van der Waals surface area contributed by atoms with E-state index in [1.807, 2.05) is 11.5 Å². The number of thiophene rings is 1. The van der Waals surface area contributed by atoms with E-state index in [0.29, 0.717) is 16.5 Å². The average Bonchev–Trinajstić information content (AvgIpc) is 3.19. The van der Waals surface area contributed by atoms with Crippen molar-refractivity contribution in [2.45, 2.75) is 64.6 Å². The van der Waals surface area contributed by atoms with E-state index >= 15 is 0 Å². The highest BCUT2D eigenvalue weighted by molar-refractivity contribution is 7.99. The molecule has 1 amide bonds. The van der Waals surface area contributed by atoms with E-state index in [9.17, 15) is 10.1 Å². The summed E-state index contributed by atoms with van der Waals surface area (Å²) in [4.78, 5) is 13.7. The van der Waals surface area contributed by atoms with Gasteiger partial charge in [0.15, 0.2) is 5.16 Å². The van der Waals surface area contributed by atoms with Gasteiger partial charge in [0.2, 0.25) is 5.91 Å². The van der Waals surface area contributed by atoms with Crippen LogP contribution in [0, 0.1) is 24.2 Å². The first-order valence-corrected chi connectivity index (χ1v) is 11.2. The first kappa shape index (κ1) is 19.9. The van der Waals surface area contributed by atoms with Crippen molar-refractivity contribution in [3.8, 4) is 6.07 Å². The van der Waals surface area contributed by atoms with Crippen LogP contribution in [0.3, 0.4) is 0 Å². The third-order valence-electron chi connectivity index (χ3n) is 4.99. The number of thioether (sulfide) groups is 1. The van der Waals surface area contributed by atoms with Crippen LogP contribution in [-0.2, 0) is 24.2 Å². The highest BCUT2D eigenvalue weighted by atomic mass is 32.2. The molecular weight excluding hydrogens is 378 g/mol. The average molecular weight is 404 g/mol. The van der Waals surface area contributed by atoms with Crippen LogP contribution in [0.25, 0.3) is 0 Å². The predicted molar refractivity (Wildman–Crippen MR) is 109 cm³/mol. The Morgan fingerprint density at radius 3 is 2.96 bits per heavy atom. The van der Waals surface area contributed by atoms with Gasteiger partial charge < -0.3 is 9.88 Å². The third kappa shape index (κ3) is 4.36. The number of aromatic nitrogens is 3. The number of fused-ring (bicyclic) bond motifs is 1. The summed E-state index contributed by atoms with van der Waals surface area (Å²) in [5.41, 5.74) is 1.81. The molecule has 1 atom stereocenters. The van der Waals surface area contributed by atoms with Gasteiger partial charge in [0.1, 0.15) is 16.9 Å². The highest BCUT2D eigenvalue weighted by Crippen LogP contribution is 2.40. The minimum absolute atomic E-state index is 0.106. The molecule has 0 radical (unpaired) electrons. The molecule has 0 saturated carbocycles. The summed E-state index contributed by atoms with van der Waals surface area (Å²) >= 11 is 2.96. The molecule has 0 aliphatic heterocycles. The number of rotatable bonds is 7. The maximum atomic E-state index is 12.5. The van der Waals surface area contributed by atoms with Gasteiger partial charge in [-0.25, -0.2) is 0 Å². The molecule has 3 rings (SSSR count). The summed E-state index contributed by atoms with van der Waals surface area (Å²) < 4.78 is 2.04. The Morgan fingerprint density at radius 2 is 2.26 bits per heavy atom. The number of carbonyl (C=O) groups is 1. The van der Waals surface area contributed by atoms with Gasteiger partial charge in [0, 0.05) is 11.4 Å². The van der Waals surface area contributed by atoms with E-state index in [-0.39, 0.29) is 11.7 Å². The van der Waals surface area contributed by atoms with Gasteiger partial charge in [-0.3, -0.25) is 4.79 Å². The highest BCUT2D eigenvalue weighted by Gasteiger charge is 2.25. The van der Waals surface area contributed by atoms with Crippen LogP contribution in [0.15, 0.2) is 5.16 Å². The Hall–Kier alpha value is -1.85. The van der Waals surface area contributed by atoms with Crippen LogP contribution in [0.5, 0.6) is 0 Å². The predicted octanol–water partition coefficient (Wildman–Crippen LogP) is 4.18. The Kier molecular flexibility index (Phi) is 6.55. The molecule has 0 fully saturated rings. The van der Waals surface area contributed by atoms with Crippen molar-refractivity contribution in [3.63, 3.8) is 0 Å². The number of aryl methyl sites for hydroxylation is 1. The maximum Gasteiger partial charge on any atom is 0.235 e. The van der Waals surface area contributed by atoms with Crippen molar-refractivity contribution in [1.82, 2.24) is 14.8 Å². The lowest BCUT2D eigenvalue weighted by Crippen LogP contribution is -2.15. The Bertz CT molecular complexity index is 864. The summed E-state index contributed by atoms with van der Waals surface area (Å²) in [6.45, 7) is 7.09. The second kappa shape index (κ2) is 8.89. The second-order valence-electron chi connectivity index (χ2n) is 6.86. The summed E-state index contributed by atoms with van der Waals surface area (Å²) in [7, 11) is 0. The molecule has 144 valence electrons. The van der Waals surface area contributed by atoms with Gasteiger partial charge in [-0.2, -0.15) is 5.26 Å². The van der Waals surface area contributed by atoms with E-state index in [1.165, 1.54) is 16.6 Å². The fraction of sp³-hybridized carbons (Fsp3) is 0.579. The standard InChI is InChI=1S/C19H25N5OS2/c1-4-8-24-12(3)22-23-19(24)26-11-17(25)21-18-15(10-20)14-7-6-13(5-2)9-16(14)27-18/h13H,4-9,11H2,1-3H3,(H,21,25). The first-order valence-electron chi connectivity index (χ1n) is 9.44. The molecule has 1 N–H and O–H groups in total. The summed E-state index contributed by atoms with van der Waals surface area (Å²) in [5, 5.41) is 22.3. The minimum Gasteiger partial charge on any atom is -0.316 e. The summed E-state index contributed by atoms with van der Waals surface area (Å²) in [5.74, 6) is 1.70. The molecule has 1 unspecified atom stereocenters. The van der Waals surface area contributed by atoms with Crippen molar-refractivity contribution < 1.29 is 4.79 Å². The largest absolute Gasteiger partial charge is 0.316 e. The van der Waals surface area contributed by atoms with Crippen LogP contribution in [-0.4, -0.2) is 26.4 Å². The number of carbonyl (C=O) groups excluding carboxylic acids is 1. The van der Waals surface area contributed by atoms with Crippen molar-refractivity contribution >= 4 is 34.0 Å². The molecular formula is C19H25N5OS2. The number of nitriles is 1. The maximum absolute atomic E-state index is 12.5. The molecule has 0 saturated heterocycles. The van der Waals surface area contributed by atoms with Crippen molar-refractivity contribution in [3.05, 3.63) is 21.8 Å². The van der Waals surface area contributed by atoms with Crippen molar-refractivity contribution in [1.29, 1.82) is 5.26 Å². The molecule has 0 spiro atoms. The van der Waals surface area contributed by atoms with Crippen LogP contribution < -0.4 is 5.32 Å². The number of nitrogens with one attached hydrogen (secondary N) is 1. The number of hydrogen-bond acceptors (Lipinski definition) is 6. The monoisotopic (exact) mass is 403 g/mol. The fourth-order valence-corrected chi connectivity index (χ4v) is 5.59. The van der Waals surface area contributed by atoms with Crippen molar-refractivity contribution in [2.24, 2.45) is 5.92 Å². The lowest BCUT2D eigenvalue weighted by molar-refractivity contribution is -0.113. The normalized spacial score (nSPS) is 16.0. The van der Waals surface area contributed by atoms with Crippen LogP contribution in [0.2, 0.25) is 0 Å². The zero-order valence-electron chi connectivity index (χ0n) is 16.0. The van der Waals surface area contributed by atoms with E-state index in [4.69, 9.17) is 0 Å². The quantitative estimate of drug-likeness (QED) is 0.701. The summed E-state index contributed by atoms with van der Waals surface area (Å²) in [6.07, 6.45) is 5.25. The Morgan fingerprint density at radius 1 is 1.44 bits per heavy atom. The topological polar surface area (TPSA) is 83.6 Å². The lowest BCUT2D eigenvalue weighted by Gasteiger charge is -2.20. The van der Waals surface area contributed by atoms with Crippen LogP contribution >= 0.6 is 23.1 Å². The van der Waals surface area contributed by atoms with Crippen LogP contribution in [0.1, 0.15) is 54.9 Å². The molecule has 2 aromatic rings. The Labute approximate surface area is 168 Å². The van der Waals surface area contributed by atoms with Gasteiger partial charge in [-0.15, -0.1) is 21.5 Å². The van der Waals surface area contributed by atoms with E-state index in [1.54, 1.807) is 11.3 Å². The van der Waals surface area contributed by atoms with E-state index in [2.05, 4.69) is 35.4 Å². The molecule has 0 bridgehead atoms. The molecule has 8 heteroatoms. The van der Waals surface area contributed by atoms with Crippen molar-refractivity contribution in [2.75, 3.05) is 11.1 Å². The number of amides is 1. The molecule has 1 aliphatic rings. The zero-order valence-corrected chi connectivity index (χ0v) is 17.7. The van der Waals surface area contributed by atoms with Crippen LogP contribution in [0.4, 0.5) is 5.00 Å². The van der Waals surface area contributed by atoms with E-state index < -0.39 is 0 Å². The molecule has 1 aliphatic carbocycles. The molecule has 6 nitrogen and oxygen atoms in total. The van der Waals surface area contributed by atoms with E-state index in [0.717, 1.165) is 55.2 Å². The third-order valence-corrected chi connectivity index (χ3v) is 7.13. The van der Waals surface area contributed by atoms with Gasteiger partial charge in [0.25, 0.3) is 0 Å². The molecule has 2 heterocycles. The minimum atomic E-state index is -0.106. The smallest absolute Gasteiger partial charge is 0.235 e. The zero-order chi connectivity index (χ0) is 19.4. The van der Waals surface area contributed by atoms with Gasteiger partial charge >= 0.3 is 0 Å². The Balaban J connectivity index is 1.67. The number of nitrogens with zero attached hydrogens (tertiary/aromatic N) is 4. The molecule has 0 aromatic carbocycles.